The summed E-state index contributed by atoms with van der Waals surface area (Å²) in [6.45, 7) is 3.00. The van der Waals surface area contributed by atoms with Gasteiger partial charge in [-0.05, 0) is 50.2 Å². The van der Waals surface area contributed by atoms with Crippen LogP contribution < -0.4 is 10.6 Å². The Morgan fingerprint density at radius 2 is 2.00 bits per heavy atom. The quantitative estimate of drug-likeness (QED) is 0.871. The first-order valence-electron chi connectivity index (χ1n) is 8.65. The van der Waals surface area contributed by atoms with E-state index in [1.807, 2.05) is 0 Å². The molecule has 0 bridgehead atoms. The molecule has 1 aliphatic carbocycles. The van der Waals surface area contributed by atoms with Gasteiger partial charge in [-0.15, -0.1) is 11.3 Å². The smallest absolute Gasteiger partial charge is 0.315 e. The van der Waals surface area contributed by atoms with Crippen molar-refractivity contribution in [2.24, 2.45) is 0 Å². The summed E-state index contributed by atoms with van der Waals surface area (Å²) in [5.41, 5.74) is 0. The SMILES string of the molecule is O=C(NC[C@@H](c1cccs1)N1CCCC1)NC1CCCCC1. The molecule has 2 amide bonds. The lowest BCUT2D eigenvalue weighted by atomic mass is 9.96. The van der Waals surface area contributed by atoms with Gasteiger partial charge in [0.1, 0.15) is 0 Å². The van der Waals surface area contributed by atoms with E-state index in [1.54, 1.807) is 11.3 Å². The van der Waals surface area contributed by atoms with Crippen molar-refractivity contribution in [3.63, 3.8) is 0 Å². The molecule has 5 heteroatoms. The number of rotatable bonds is 5. The van der Waals surface area contributed by atoms with Crippen LogP contribution in [0.5, 0.6) is 0 Å². The first-order valence-corrected chi connectivity index (χ1v) is 9.53. The minimum Gasteiger partial charge on any atom is -0.336 e. The van der Waals surface area contributed by atoms with Crippen LogP contribution in [0.15, 0.2) is 17.5 Å². The lowest BCUT2D eigenvalue weighted by Gasteiger charge is -2.28. The second kappa shape index (κ2) is 7.97. The average molecular weight is 321 g/mol. The maximum atomic E-state index is 12.2. The van der Waals surface area contributed by atoms with E-state index in [1.165, 1.54) is 37.0 Å². The van der Waals surface area contributed by atoms with Crippen LogP contribution in [-0.4, -0.2) is 36.6 Å². The van der Waals surface area contributed by atoms with Crippen LogP contribution in [0.25, 0.3) is 0 Å². The Labute approximate surface area is 137 Å². The highest BCUT2D eigenvalue weighted by molar-refractivity contribution is 7.10. The van der Waals surface area contributed by atoms with Gasteiger partial charge in [0.15, 0.2) is 0 Å². The van der Waals surface area contributed by atoms with Gasteiger partial charge >= 0.3 is 6.03 Å². The molecule has 4 nitrogen and oxygen atoms in total. The summed E-state index contributed by atoms with van der Waals surface area (Å²) in [5, 5.41) is 8.38. The standard InChI is InChI=1S/C17H27N3OS/c21-17(19-14-7-2-1-3-8-14)18-13-15(16-9-6-12-22-16)20-10-4-5-11-20/h6,9,12,14-15H,1-5,7-8,10-11,13H2,(H2,18,19,21)/t15-/m0/s1. The van der Waals surface area contributed by atoms with E-state index in [-0.39, 0.29) is 6.03 Å². The third-order valence-corrected chi connectivity index (χ3v) is 5.82. The van der Waals surface area contributed by atoms with Crippen molar-refractivity contribution in [2.45, 2.75) is 57.0 Å². The molecule has 3 rings (SSSR count). The second-order valence-corrected chi connectivity index (χ2v) is 7.44. The van der Waals surface area contributed by atoms with Crippen LogP contribution in [0.2, 0.25) is 0 Å². The fraction of sp³-hybridized carbons (Fsp3) is 0.706. The Morgan fingerprint density at radius 1 is 1.23 bits per heavy atom. The Morgan fingerprint density at radius 3 is 2.68 bits per heavy atom. The van der Waals surface area contributed by atoms with E-state index >= 15 is 0 Å². The van der Waals surface area contributed by atoms with Crippen LogP contribution in [0.1, 0.15) is 55.9 Å². The second-order valence-electron chi connectivity index (χ2n) is 6.46. The number of nitrogens with one attached hydrogen (secondary N) is 2. The normalized spacial score (nSPS) is 21.6. The Balaban J connectivity index is 1.51. The van der Waals surface area contributed by atoms with Gasteiger partial charge in [0, 0.05) is 17.5 Å². The highest BCUT2D eigenvalue weighted by atomic mass is 32.1. The Kier molecular flexibility index (Phi) is 5.73. The summed E-state index contributed by atoms with van der Waals surface area (Å²) in [6, 6.07) is 5.01. The van der Waals surface area contributed by atoms with Crippen LogP contribution in [0.3, 0.4) is 0 Å². The predicted molar refractivity (Wildman–Crippen MR) is 91.3 cm³/mol. The highest BCUT2D eigenvalue weighted by Crippen LogP contribution is 2.27. The number of carbonyl (C=O) groups is 1. The zero-order valence-corrected chi connectivity index (χ0v) is 14.0. The van der Waals surface area contributed by atoms with Gasteiger partial charge < -0.3 is 10.6 Å². The van der Waals surface area contributed by atoms with Crippen LogP contribution in [0, 0.1) is 0 Å². The van der Waals surface area contributed by atoms with E-state index in [2.05, 4.69) is 33.0 Å². The van der Waals surface area contributed by atoms with Crippen LogP contribution in [0.4, 0.5) is 4.79 Å². The summed E-state index contributed by atoms with van der Waals surface area (Å²) >= 11 is 1.79. The van der Waals surface area contributed by atoms with Gasteiger partial charge in [0.25, 0.3) is 0 Å². The topological polar surface area (TPSA) is 44.4 Å². The van der Waals surface area contributed by atoms with Gasteiger partial charge in [-0.25, -0.2) is 4.79 Å². The van der Waals surface area contributed by atoms with Gasteiger partial charge in [0.2, 0.25) is 0 Å². The van der Waals surface area contributed by atoms with Gasteiger partial charge in [-0.3, -0.25) is 4.90 Å². The first kappa shape index (κ1) is 15.8. The summed E-state index contributed by atoms with van der Waals surface area (Å²) in [4.78, 5) is 16.0. The summed E-state index contributed by atoms with van der Waals surface area (Å²) in [6.07, 6.45) is 8.62. The predicted octanol–water partition coefficient (Wildman–Crippen LogP) is 3.52. The van der Waals surface area contributed by atoms with Gasteiger partial charge in [0.05, 0.1) is 6.04 Å². The van der Waals surface area contributed by atoms with Crippen LogP contribution in [-0.2, 0) is 0 Å². The molecule has 0 unspecified atom stereocenters. The summed E-state index contributed by atoms with van der Waals surface area (Å²) in [7, 11) is 0. The fourth-order valence-electron chi connectivity index (χ4n) is 3.62. The number of amides is 2. The van der Waals surface area contributed by atoms with Crippen molar-refractivity contribution in [3.05, 3.63) is 22.4 Å². The molecule has 1 aromatic heterocycles. The molecule has 0 radical (unpaired) electrons. The van der Waals surface area contributed by atoms with Crippen LogP contribution >= 0.6 is 11.3 Å². The molecule has 22 heavy (non-hydrogen) atoms. The highest BCUT2D eigenvalue weighted by Gasteiger charge is 2.25. The lowest BCUT2D eigenvalue weighted by molar-refractivity contribution is 0.217. The minimum atomic E-state index is 0.00709. The van der Waals surface area contributed by atoms with E-state index in [9.17, 15) is 4.79 Å². The number of hydrogen-bond acceptors (Lipinski definition) is 3. The molecule has 1 aromatic rings. The summed E-state index contributed by atoms with van der Waals surface area (Å²) < 4.78 is 0. The van der Waals surface area contributed by atoms with Crippen molar-refractivity contribution in [2.75, 3.05) is 19.6 Å². The van der Waals surface area contributed by atoms with Crippen molar-refractivity contribution < 1.29 is 4.79 Å². The zero-order valence-electron chi connectivity index (χ0n) is 13.2. The number of carbonyl (C=O) groups excluding carboxylic acids is 1. The van der Waals surface area contributed by atoms with E-state index in [4.69, 9.17) is 0 Å². The molecule has 2 fully saturated rings. The molecule has 0 spiro atoms. The molecule has 2 N–H and O–H groups in total. The van der Waals surface area contributed by atoms with E-state index in [0.717, 1.165) is 25.9 Å². The number of hydrogen-bond donors (Lipinski definition) is 2. The molecule has 1 saturated heterocycles. The maximum Gasteiger partial charge on any atom is 0.315 e. The zero-order chi connectivity index (χ0) is 15.2. The van der Waals surface area contributed by atoms with Crippen molar-refractivity contribution in [1.29, 1.82) is 0 Å². The number of thiophene rings is 1. The number of urea groups is 1. The number of likely N-dealkylation sites (tertiary alicyclic amines) is 1. The molecule has 1 aliphatic heterocycles. The monoisotopic (exact) mass is 321 g/mol. The Hall–Kier alpha value is -1.07. The minimum absolute atomic E-state index is 0.00709. The third kappa shape index (κ3) is 4.23. The van der Waals surface area contributed by atoms with E-state index < -0.39 is 0 Å². The Bertz CT molecular complexity index is 450. The lowest BCUT2D eigenvalue weighted by Crippen LogP contribution is -2.45. The molecule has 2 heterocycles. The fourth-order valence-corrected chi connectivity index (χ4v) is 4.48. The molecule has 1 saturated carbocycles. The van der Waals surface area contributed by atoms with E-state index in [0.29, 0.717) is 18.6 Å². The molecular formula is C17H27N3OS. The average Bonchev–Trinajstić information content (AvgIpc) is 3.22. The largest absolute Gasteiger partial charge is 0.336 e. The van der Waals surface area contributed by atoms with Crippen molar-refractivity contribution >= 4 is 17.4 Å². The molecule has 122 valence electrons. The molecule has 2 aliphatic rings. The summed E-state index contributed by atoms with van der Waals surface area (Å²) in [5.74, 6) is 0. The van der Waals surface area contributed by atoms with Crippen molar-refractivity contribution in [3.8, 4) is 0 Å². The maximum absolute atomic E-state index is 12.2. The molecular weight excluding hydrogens is 294 g/mol. The van der Waals surface area contributed by atoms with Gasteiger partial charge in [-0.1, -0.05) is 25.3 Å². The number of nitrogens with zero attached hydrogens (tertiary/aromatic N) is 1. The van der Waals surface area contributed by atoms with Crippen molar-refractivity contribution in [1.82, 2.24) is 15.5 Å². The third-order valence-electron chi connectivity index (χ3n) is 4.85. The molecule has 1 atom stereocenters. The molecule has 0 aromatic carbocycles. The van der Waals surface area contributed by atoms with Gasteiger partial charge in [-0.2, -0.15) is 0 Å². The first-order chi connectivity index (χ1) is 10.8.